The maximum Gasteiger partial charge on any atom is 0.160 e. The van der Waals surface area contributed by atoms with Gasteiger partial charge in [-0.2, -0.15) is 0 Å². The van der Waals surface area contributed by atoms with E-state index in [1.165, 1.54) is 66.8 Å². The molecule has 0 radical (unpaired) electrons. The van der Waals surface area contributed by atoms with Crippen molar-refractivity contribution in [2.24, 2.45) is 0 Å². The van der Waals surface area contributed by atoms with E-state index in [0.717, 1.165) is 39.2 Å². The Bertz CT molecular complexity index is 3230. The minimum Gasteiger partial charge on any atom is -0.228 e. The number of hydrogen-bond acceptors (Lipinski definition) is 2. The molecule has 2 aliphatic carbocycles. The molecule has 2 heteroatoms. The van der Waals surface area contributed by atoms with Gasteiger partial charge in [-0.25, -0.2) is 9.97 Å². The Hall–Kier alpha value is -7.94. The zero-order chi connectivity index (χ0) is 40.3. The zero-order valence-corrected chi connectivity index (χ0v) is 33.3. The lowest BCUT2D eigenvalue weighted by Gasteiger charge is -2.30. The first-order chi connectivity index (χ1) is 30.2. The molecule has 0 bridgehead atoms. The Balaban J connectivity index is 0.926. The minimum absolute atomic E-state index is 0.367. The van der Waals surface area contributed by atoms with Crippen LogP contribution in [0.15, 0.2) is 231 Å². The van der Waals surface area contributed by atoms with Crippen molar-refractivity contribution in [3.63, 3.8) is 0 Å². The molecule has 1 aromatic heterocycles. The molecule has 1 heterocycles. The molecule has 2 aliphatic rings. The molecule has 0 N–H and O–H groups in total. The molecule has 0 unspecified atom stereocenters. The summed E-state index contributed by atoms with van der Waals surface area (Å²) >= 11 is 0. The topological polar surface area (TPSA) is 25.8 Å². The fourth-order valence-corrected chi connectivity index (χ4v) is 10.0. The highest BCUT2D eigenvalue weighted by Crippen LogP contribution is 2.64. The number of nitrogens with zero attached hydrogens (tertiary/aromatic N) is 2. The quantitative estimate of drug-likeness (QED) is 0.168. The minimum atomic E-state index is -0.367. The third kappa shape index (κ3) is 5.57. The second-order valence-corrected chi connectivity index (χ2v) is 16.0. The number of aromatic nitrogens is 2. The van der Waals surface area contributed by atoms with Crippen LogP contribution in [0.4, 0.5) is 0 Å². The summed E-state index contributed by atoms with van der Waals surface area (Å²) in [4.78, 5) is 10.3. The molecule has 61 heavy (non-hydrogen) atoms. The van der Waals surface area contributed by atoms with Crippen LogP contribution in [-0.2, 0) is 5.41 Å². The molecular formula is C59H38N2. The summed E-state index contributed by atoms with van der Waals surface area (Å²) in [5.74, 6) is 0.700. The monoisotopic (exact) mass is 774 g/mol. The summed E-state index contributed by atoms with van der Waals surface area (Å²) in [5, 5.41) is 0. The van der Waals surface area contributed by atoms with E-state index in [1.54, 1.807) is 0 Å². The molecule has 12 rings (SSSR count). The summed E-state index contributed by atoms with van der Waals surface area (Å²) in [5.41, 5.74) is 22.3. The van der Waals surface area contributed by atoms with Crippen LogP contribution < -0.4 is 0 Å². The van der Waals surface area contributed by atoms with Crippen molar-refractivity contribution >= 4 is 0 Å². The summed E-state index contributed by atoms with van der Waals surface area (Å²) in [6.07, 6.45) is 0. The van der Waals surface area contributed by atoms with Crippen molar-refractivity contribution in [2.75, 3.05) is 0 Å². The van der Waals surface area contributed by atoms with Gasteiger partial charge in [-0.1, -0.05) is 218 Å². The highest BCUT2D eigenvalue weighted by molar-refractivity contribution is 6.00. The van der Waals surface area contributed by atoms with Gasteiger partial charge in [0.2, 0.25) is 0 Å². The van der Waals surface area contributed by atoms with Crippen molar-refractivity contribution in [1.29, 1.82) is 0 Å². The molecule has 0 atom stereocenters. The van der Waals surface area contributed by atoms with E-state index in [4.69, 9.17) is 9.97 Å². The van der Waals surface area contributed by atoms with Crippen molar-refractivity contribution in [3.8, 4) is 89.5 Å². The maximum absolute atomic E-state index is 5.16. The molecule has 0 fully saturated rings. The Labute approximate surface area is 356 Å². The van der Waals surface area contributed by atoms with Gasteiger partial charge in [0.05, 0.1) is 16.8 Å². The molecule has 284 valence electrons. The number of rotatable bonds is 6. The highest BCUT2D eigenvalue weighted by Gasteiger charge is 2.51. The van der Waals surface area contributed by atoms with Crippen molar-refractivity contribution in [1.82, 2.24) is 9.97 Å². The van der Waals surface area contributed by atoms with Gasteiger partial charge in [-0.15, -0.1) is 0 Å². The lowest BCUT2D eigenvalue weighted by Crippen LogP contribution is -2.25. The van der Waals surface area contributed by atoms with Crippen LogP contribution in [0, 0.1) is 0 Å². The van der Waals surface area contributed by atoms with Crippen LogP contribution in [-0.4, -0.2) is 9.97 Å². The van der Waals surface area contributed by atoms with E-state index in [-0.39, 0.29) is 5.41 Å². The van der Waals surface area contributed by atoms with E-state index in [1.807, 2.05) is 12.1 Å². The van der Waals surface area contributed by atoms with Gasteiger partial charge in [0.15, 0.2) is 5.82 Å². The van der Waals surface area contributed by atoms with E-state index >= 15 is 0 Å². The first kappa shape index (κ1) is 35.0. The van der Waals surface area contributed by atoms with E-state index in [0.29, 0.717) is 5.82 Å². The molecule has 2 nitrogen and oxygen atoms in total. The van der Waals surface area contributed by atoms with Gasteiger partial charge < -0.3 is 0 Å². The molecule has 0 amide bonds. The van der Waals surface area contributed by atoms with Crippen molar-refractivity contribution < 1.29 is 0 Å². The molecule has 0 saturated carbocycles. The summed E-state index contributed by atoms with van der Waals surface area (Å²) in [6.45, 7) is 0. The third-order valence-electron chi connectivity index (χ3n) is 12.8. The smallest absolute Gasteiger partial charge is 0.160 e. The van der Waals surface area contributed by atoms with Gasteiger partial charge >= 0.3 is 0 Å². The van der Waals surface area contributed by atoms with E-state index in [2.05, 4.69) is 218 Å². The van der Waals surface area contributed by atoms with Crippen molar-refractivity contribution in [3.05, 3.63) is 253 Å². The standard InChI is InChI=1S/C59H38N2/c1-3-15-39(16-4-1)40-29-33-43(34-30-40)56-38-55(42-17-5-2-6-18-42)60-58(61-56)44-35-31-41(32-36-44)45-19-13-20-46(37-45)47-24-14-28-54-57(47)50-23-9-12-27-53(50)59(54)51-25-10-7-21-48(51)49-22-8-11-26-52(49)59/h1-38H. The summed E-state index contributed by atoms with van der Waals surface area (Å²) < 4.78 is 0. The molecular weight excluding hydrogens is 737 g/mol. The third-order valence-corrected chi connectivity index (χ3v) is 12.8. The average molecular weight is 775 g/mol. The zero-order valence-electron chi connectivity index (χ0n) is 33.3. The molecule has 0 saturated heterocycles. The predicted octanol–water partition coefficient (Wildman–Crippen LogP) is 14.8. The molecule has 0 aliphatic heterocycles. The van der Waals surface area contributed by atoms with E-state index in [9.17, 15) is 0 Å². The van der Waals surface area contributed by atoms with Crippen molar-refractivity contribution in [2.45, 2.75) is 5.41 Å². The highest BCUT2D eigenvalue weighted by atomic mass is 14.9. The Kier molecular flexibility index (Phi) is 8.11. The lowest BCUT2D eigenvalue weighted by atomic mass is 9.70. The number of hydrogen-bond donors (Lipinski definition) is 0. The van der Waals surface area contributed by atoms with Crippen LogP contribution in [0.25, 0.3) is 89.5 Å². The normalized spacial score (nSPS) is 12.7. The number of fused-ring (bicyclic) bond motifs is 10. The molecule has 9 aromatic carbocycles. The van der Waals surface area contributed by atoms with Crippen LogP contribution in [0.1, 0.15) is 22.3 Å². The second-order valence-electron chi connectivity index (χ2n) is 16.0. The fraction of sp³-hybridized carbons (Fsp3) is 0.0169. The van der Waals surface area contributed by atoms with Gasteiger partial charge in [0, 0.05) is 16.7 Å². The Morgan fingerprint density at radius 1 is 0.246 bits per heavy atom. The van der Waals surface area contributed by atoms with Crippen LogP contribution in [0.3, 0.4) is 0 Å². The average Bonchev–Trinajstić information content (AvgIpc) is 3.82. The molecule has 1 spiro atoms. The van der Waals surface area contributed by atoms with Gasteiger partial charge in [-0.05, 0) is 90.0 Å². The SMILES string of the molecule is c1ccc(-c2ccc(-c3cc(-c4ccccc4)nc(-c4ccc(-c5cccc(-c6cccc7c6-c6ccccc6C76c7ccccc7-c7ccccc76)c5)cc4)n3)cc2)cc1. The second kappa shape index (κ2) is 14.1. The van der Waals surface area contributed by atoms with Crippen LogP contribution >= 0.6 is 0 Å². The lowest BCUT2D eigenvalue weighted by molar-refractivity contribution is 0.794. The number of benzene rings is 9. The Morgan fingerprint density at radius 3 is 1.28 bits per heavy atom. The predicted molar refractivity (Wildman–Crippen MR) is 251 cm³/mol. The maximum atomic E-state index is 5.16. The first-order valence-corrected chi connectivity index (χ1v) is 21.0. The Morgan fingerprint density at radius 2 is 0.639 bits per heavy atom. The van der Waals surface area contributed by atoms with Gasteiger partial charge in [-0.3, -0.25) is 0 Å². The fourth-order valence-electron chi connectivity index (χ4n) is 10.0. The van der Waals surface area contributed by atoms with E-state index < -0.39 is 0 Å². The van der Waals surface area contributed by atoms with Gasteiger partial charge in [0.1, 0.15) is 0 Å². The van der Waals surface area contributed by atoms with Crippen LogP contribution in [0.2, 0.25) is 0 Å². The first-order valence-electron chi connectivity index (χ1n) is 21.0. The summed E-state index contributed by atoms with van der Waals surface area (Å²) in [6, 6.07) is 83.3. The molecule has 10 aromatic rings. The van der Waals surface area contributed by atoms with Gasteiger partial charge in [0.25, 0.3) is 0 Å². The summed E-state index contributed by atoms with van der Waals surface area (Å²) in [7, 11) is 0. The van der Waals surface area contributed by atoms with Crippen LogP contribution in [0.5, 0.6) is 0 Å². The largest absolute Gasteiger partial charge is 0.228 e.